The fourth-order valence-corrected chi connectivity index (χ4v) is 4.58. The zero-order valence-electron chi connectivity index (χ0n) is 12.0. The number of ether oxygens (including phenoxy) is 1. The first kappa shape index (κ1) is 15.5. The Morgan fingerprint density at radius 2 is 2.32 bits per heavy atom. The van der Waals surface area contributed by atoms with Gasteiger partial charge in [0.25, 0.3) is 0 Å². The van der Waals surface area contributed by atoms with E-state index in [2.05, 4.69) is 48.1 Å². The van der Waals surface area contributed by atoms with Crippen LogP contribution in [0.1, 0.15) is 48.9 Å². The SMILES string of the molecule is CCCNC(c1cc(Br)c(C)s1)C1CCOC1CC. The topological polar surface area (TPSA) is 21.3 Å². The molecule has 1 aromatic rings. The van der Waals surface area contributed by atoms with E-state index >= 15 is 0 Å². The van der Waals surface area contributed by atoms with Crippen LogP contribution in [-0.2, 0) is 4.74 Å². The Bertz CT molecular complexity index is 387. The van der Waals surface area contributed by atoms with Crippen molar-refractivity contribution < 1.29 is 4.74 Å². The van der Waals surface area contributed by atoms with Crippen LogP contribution in [0.3, 0.4) is 0 Å². The Labute approximate surface area is 129 Å². The second-order valence-corrected chi connectivity index (χ2v) is 7.40. The average Bonchev–Trinajstić information content (AvgIpc) is 2.98. The van der Waals surface area contributed by atoms with Crippen molar-refractivity contribution in [2.45, 2.75) is 52.2 Å². The van der Waals surface area contributed by atoms with E-state index in [-0.39, 0.29) is 0 Å². The molecule has 0 radical (unpaired) electrons. The molecule has 19 heavy (non-hydrogen) atoms. The fraction of sp³-hybridized carbons (Fsp3) is 0.733. The van der Waals surface area contributed by atoms with Crippen molar-refractivity contribution in [3.05, 3.63) is 20.3 Å². The molecule has 2 nitrogen and oxygen atoms in total. The second kappa shape index (κ2) is 7.21. The van der Waals surface area contributed by atoms with Gasteiger partial charge in [-0.3, -0.25) is 0 Å². The van der Waals surface area contributed by atoms with Gasteiger partial charge in [0, 0.05) is 32.8 Å². The summed E-state index contributed by atoms with van der Waals surface area (Å²) in [6.07, 6.45) is 3.87. The van der Waals surface area contributed by atoms with E-state index in [0.29, 0.717) is 18.1 Å². The highest BCUT2D eigenvalue weighted by molar-refractivity contribution is 9.10. The second-order valence-electron chi connectivity index (χ2n) is 5.25. The van der Waals surface area contributed by atoms with Crippen LogP contribution in [0, 0.1) is 12.8 Å². The van der Waals surface area contributed by atoms with Gasteiger partial charge in [0.1, 0.15) is 0 Å². The van der Waals surface area contributed by atoms with E-state index in [1.165, 1.54) is 27.1 Å². The van der Waals surface area contributed by atoms with Gasteiger partial charge in [0.15, 0.2) is 0 Å². The molecule has 2 heterocycles. The molecule has 1 aliphatic heterocycles. The molecular formula is C15H24BrNOS. The van der Waals surface area contributed by atoms with E-state index in [0.717, 1.165) is 19.6 Å². The molecular weight excluding hydrogens is 322 g/mol. The lowest BCUT2D eigenvalue weighted by Gasteiger charge is -2.27. The average molecular weight is 346 g/mol. The van der Waals surface area contributed by atoms with Gasteiger partial charge >= 0.3 is 0 Å². The van der Waals surface area contributed by atoms with Crippen molar-refractivity contribution in [2.24, 2.45) is 5.92 Å². The van der Waals surface area contributed by atoms with Crippen molar-refractivity contribution in [1.82, 2.24) is 5.32 Å². The summed E-state index contributed by atoms with van der Waals surface area (Å²) in [6, 6.07) is 2.74. The van der Waals surface area contributed by atoms with E-state index < -0.39 is 0 Å². The molecule has 4 heteroatoms. The number of thiophene rings is 1. The molecule has 0 aliphatic carbocycles. The van der Waals surface area contributed by atoms with Crippen LogP contribution in [0.4, 0.5) is 0 Å². The lowest BCUT2D eigenvalue weighted by atomic mass is 9.90. The molecule has 0 amide bonds. The lowest BCUT2D eigenvalue weighted by Crippen LogP contribution is -2.32. The van der Waals surface area contributed by atoms with Gasteiger partial charge in [-0.15, -0.1) is 11.3 Å². The van der Waals surface area contributed by atoms with Crippen molar-refractivity contribution >= 4 is 27.3 Å². The van der Waals surface area contributed by atoms with Crippen LogP contribution < -0.4 is 5.32 Å². The summed E-state index contributed by atoms with van der Waals surface area (Å²) in [6.45, 7) is 8.63. The third-order valence-corrected chi connectivity index (χ3v) is 6.11. The number of hydrogen-bond acceptors (Lipinski definition) is 3. The molecule has 0 bridgehead atoms. The first-order valence-electron chi connectivity index (χ1n) is 7.28. The normalized spacial score (nSPS) is 24.8. The molecule has 0 aromatic carbocycles. The highest BCUT2D eigenvalue weighted by Gasteiger charge is 2.35. The standard InChI is InChI=1S/C15H24BrNOS/c1-4-7-17-15(11-6-8-18-13(11)5-2)14-9-12(16)10(3)19-14/h9,11,13,15,17H,4-8H2,1-3H3. The summed E-state index contributed by atoms with van der Waals surface area (Å²) in [5, 5.41) is 3.74. The molecule has 108 valence electrons. The number of rotatable bonds is 6. The third kappa shape index (κ3) is 3.60. The zero-order valence-corrected chi connectivity index (χ0v) is 14.4. The lowest BCUT2D eigenvalue weighted by molar-refractivity contribution is 0.0777. The van der Waals surface area contributed by atoms with Crippen LogP contribution in [0.5, 0.6) is 0 Å². The predicted molar refractivity (Wildman–Crippen MR) is 85.9 cm³/mol. The summed E-state index contributed by atoms with van der Waals surface area (Å²) >= 11 is 5.55. The highest BCUT2D eigenvalue weighted by Crippen LogP contribution is 2.39. The van der Waals surface area contributed by atoms with Crippen LogP contribution in [-0.4, -0.2) is 19.3 Å². The number of nitrogens with one attached hydrogen (secondary N) is 1. The Balaban J connectivity index is 2.19. The van der Waals surface area contributed by atoms with Crippen molar-refractivity contribution in [1.29, 1.82) is 0 Å². The predicted octanol–water partition coefficient (Wildman–Crippen LogP) is 4.67. The van der Waals surface area contributed by atoms with Crippen LogP contribution in [0.15, 0.2) is 10.5 Å². The molecule has 0 spiro atoms. The summed E-state index contributed by atoms with van der Waals surface area (Å²) < 4.78 is 7.13. The first-order chi connectivity index (χ1) is 9.17. The van der Waals surface area contributed by atoms with Gasteiger partial charge in [-0.25, -0.2) is 0 Å². The van der Waals surface area contributed by atoms with Crippen LogP contribution in [0.25, 0.3) is 0 Å². The summed E-state index contributed by atoms with van der Waals surface area (Å²) in [5.74, 6) is 0.612. The molecule has 1 aromatic heterocycles. The van der Waals surface area contributed by atoms with Gasteiger partial charge in [-0.1, -0.05) is 13.8 Å². The fourth-order valence-electron chi connectivity index (χ4n) is 2.86. The van der Waals surface area contributed by atoms with Gasteiger partial charge in [-0.2, -0.15) is 0 Å². The van der Waals surface area contributed by atoms with E-state index in [4.69, 9.17) is 4.74 Å². The van der Waals surface area contributed by atoms with Gasteiger partial charge < -0.3 is 10.1 Å². The molecule has 1 N–H and O–H groups in total. The minimum absolute atomic E-state index is 0.413. The molecule has 3 atom stereocenters. The largest absolute Gasteiger partial charge is 0.378 e. The molecule has 2 rings (SSSR count). The molecule has 1 aliphatic rings. The Morgan fingerprint density at radius 3 is 2.89 bits per heavy atom. The van der Waals surface area contributed by atoms with E-state index in [9.17, 15) is 0 Å². The quantitative estimate of drug-likeness (QED) is 0.808. The van der Waals surface area contributed by atoms with E-state index in [1.807, 2.05) is 11.3 Å². The number of halogens is 1. The first-order valence-corrected chi connectivity index (χ1v) is 8.89. The molecule has 0 saturated carbocycles. The Kier molecular flexibility index (Phi) is 5.87. The summed E-state index contributed by atoms with van der Waals surface area (Å²) in [5.41, 5.74) is 0. The molecule has 1 fully saturated rings. The number of aryl methyl sites for hydroxylation is 1. The van der Waals surface area contributed by atoms with Gasteiger partial charge in [0.2, 0.25) is 0 Å². The van der Waals surface area contributed by atoms with Crippen molar-refractivity contribution in [3.8, 4) is 0 Å². The molecule has 3 unspecified atom stereocenters. The Morgan fingerprint density at radius 1 is 1.53 bits per heavy atom. The molecule has 1 saturated heterocycles. The highest BCUT2D eigenvalue weighted by atomic mass is 79.9. The summed E-state index contributed by atoms with van der Waals surface area (Å²) in [4.78, 5) is 2.82. The van der Waals surface area contributed by atoms with Crippen molar-refractivity contribution in [2.75, 3.05) is 13.2 Å². The smallest absolute Gasteiger partial charge is 0.0620 e. The van der Waals surface area contributed by atoms with Crippen LogP contribution >= 0.6 is 27.3 Å². The minimum Gasteiger partial charge on any atom is -0.378 e. The zero-order chi connectivity index (χ0) is 13.8. The Hall–Kier alpha value is 0.1000. The summed E-state index contributed by atoms with van der Waals surface area (Å²) in [7, 11) is 0. The monoisotopic (exact) mass is 345 g/mol. The third-order valence-electron chi connectivity index (χ3n) is 3.89. The van der Waals surface area contributed by atoms with Gasteiger partial charge in [-0.05, 0) is 54.7 Å². The van der Waals surface area contributed by atoms with E-state index in [1.54, 1.807) is 0 Å². The van der Waals surface area contributed by atoms with Gasteiger partial charge in [0.05, 0.1) is 6.10 Å². The van der Waals surface area contributed by atoms with Crippen LogP contribution in [0.2, 0.25) is 0 Å². The number of hydrogen-bond donors (Lipinski definition) is 1. The maximum atomic E-state index is 5.89. The maximum absolute atomic E-state index is 5.89. The van der Waals surface area contributed by atoms with Crippen molar-refractivity contribution in [3.63, 3.8) is 0 Å². The maximum Gasteiger partial charge on any atom is 0.0620 e. The minimum atomic E-state index is 0.413.